The molecular weight excluding hydrogens is 304 g/mol. The second-order valence-electron chi connectivity index (χ2n) is 6.20. The molecule has 0 radical (unpaired) electrons. The van der Waals surface area contributed by atoms with Gasteiger partial charge in [0.25, 0.3) is 0 Å². The molecule has 0 atom stereocenters. The van der Waals surface area contributed by atoms with Crippen molar-refractivity contribution in [1.82, 2.24) is 0 Å². The molecule has 0 N–H and O–H groups in total. The van der Waals surface area contributed by atoms with E-state index in [-0.39, 0.29) is 5.78 Å². The molecule has 4 heteroatoms. The van der Waals surface area contributed by atoms with Crippen molar-refractivity contribution in [3.05, 3.63) is 71.8 Å². The number of allylic oxidation sites excluding steroid dienone is 1. The zero-order chi connectivity index (χ0) is 17.6. The average Bonchev–Trinajstić information content (AvgIpc) is 2.52. The highest BCUT2D eigenvalue weighted by Crippen LogP contribution is 2.16. The van der Waals surface area contributed by atoms with E-state index in [2.05, 4.69) is 0 Å². The third-order valence-electron chi connectivity index (χ3n) is 2.96. The first kappa shape index (κ1) is 17.5. The monoisotopic (exact) mass is 324 g/mol. The predicted octanol–water partition coefficient (Wildman–Crippen LogP) is 4.90. The fraction of sp³-hybridized carbons (Fsp3) is 0.200. The normalized spacial score (nSPS) is 11.3. The van der Waals surface area contributed by atoms with Crippen molar-refractivity contribution in [2.24, 2.45) is 0 Å². The van der Waals surface area contributed by atoms with Gasteiger partial charge in [-0.05, 0) is 56.7 Å². The molecule has 0 amide bonds. The van der Waals surface area contributed by atoms with Gasteiger partial charge in [0.2, 0.25) is 0 Å². The molecular formula is C20H20O4. The first-order valence-electron chi connectivity index (χ1n) is 7.62. The van der Waals surface area contributed by atoms with Gasteiger partial charge in [0, 0.05) is 5.56 Å². The van der Waals surface area contributed by atoms with E-state index >= 15 is 0 Å². The van der Waals surface area contributed by atoms with Gasteiger partial charge in [-0.25, -0.2) is 4.79 Å². The Bertz CT molecular complexity index is 722. The summed E-state index contributed by atoms with van der Waals surface area (Å²) in [4.78, 5) is 23.7. The summed E-state index contributed by atoms with van der Waals surface area (Å²) in [6.07, 6.45) is 2.50. The molecule has 0 aliphatic carbocycles. The highest BCUT2D eigenvalue weighted by molar-refractivity contribution is 6.06. The maximum absolute atomic E-state index is 12.1. The van der Waals surface area contributed by atoms with Gasteiger partial charge >= 0.3 is 6.16 Å². The molecule has 2 rings (SSSR count). The average molecular weight is 324 g/mol. The van der Waals surface area contributed by atoms with Crippen LogP contribution in [0.2, 0.25) is 0 Å². The molecule has 0 saturated carbocycles. The minimum atomic E-state index is -0.773. The fourth-order valence-electron chi connectivity index (χ4n) is 1.89. The lowest BCUT2D eigenvalue weighted by atomic mass is 10.1. The zero-order valence-electron chi connectivity index (χ0n) is 14.0. The molecule has 0 unspecified atom stereocenters. The summed E-state index contributed by atoms with van der Waals surface area (Å²) in [7, 11) is 0. The predicted molar refractivity (Wildman–Crippen MR) is 93.1 cm³/mol. The van der Waals surface area contributed by atoms with Crippen molar-refractivity contribution in [3.8, 4) is 5.75 Å². The van der Waals surface area contributed by atoms with E-state index in [1.165, 1.54) is 6.08 Å². The Hall–Kier alpha value is -2.88. The SMILES string of the molecule is CC(C)(C)OC(=O)Oc1ccc(C(=O)C=Cc2ccccc2)cc1. The Kier molecular flexibility index (Phi) is 5.53. The molecule has 0 aromatic heterocycles. The molecule has 0 bridgehead atoms. The van der Waals surface area contributed by atoms with Gasteiger partial charge in [-0.3, -0.25) is 4.79 Å². The van der Waals surface area contributed by atoms with E-state index < -0.39 is 11.8 Å². The topological polar surface area (TPSA) is 52.6 Å². The van der Waals surface area contributed by atoms with Gasteiger partial charge in [0.1, 0.15) is 11.4 Å². The van der Waals surface area contributed by atoms with Crippen LogP contribution in [0.25, 0.3) is 6.08 Å². The molecule has 0 spiro atoms. The first-order chi connectivity index (χ1) is 11.3. The van der Waals surface area contributed by atoms with Crippen molar-refractivity contribution in [1.29, 1.82) is 0 Å². The molecule has 0 aliphatic rings. The summed E-state index contributed by atoms with van der Waals surface area (Å²) < 4.78 is 10.1. The van der Waals surface area contributed by atoms with Gasteiger partial charge in [-0.15, -0.1) is 0 Å². The third kappa shape index (κ3) is 5.72. The lowest BCUT2D eigenvalue weighted by Crippen LogP contribution is -2.25. The van der Waals surface area contributed by atoms with Crippen LogP contribution in [0.15, 0.2) is 60.7 Å². The van der Waals surface area contributed by atoms with Crippen molar-refractivity contribution >= 4 is 18.0 Å². The minimum absolute atomic E-state index is 0.123. The molecule has 2 aromatic carbocycles. The van der Waals surface area contributed by atoms with Gasteiger partial charge in [-0.1, -0.05) is 36.4 Å². The molecule has 2 aromatic rings. The van der Waals surface area contributed by atoms with Crippen LogP contribution in [0, 0.1) is 0 Å². The van der Waals surface area contributed by atoms with Crippen molar-refractivity contribution in [3.63, 3.8) is 0 Å². The van der Waals surface area contributed by atoms with Crippen LogP contribution in [0.3, 0.4) is 0 Å². The molecule has 0 saturated heterocycles. The Labute approximate surface area is 141 Å². The maximum atomic E-state index is 12.1. The maximum Gasteiger partial charge on any atom is 0.514 e. The lowest BCUT2D eigenvalue weighted by molar-refractivity contribution is 0.0206. The van der Waals surface area contributed by atoms with Crippen molar-refractivity contribution in [2.45, 2.75) is 26.4 Å². The largest absolute Gasteiger partial charge is 0.514 e. The van der Waals surface area contributed by atoms with Crippen LogP contribution < -0.4 is 4.74 Å². The van der Waals surface area contributed by atoms with Gasteiger partial charge in [-0.2, -0.15) is 0 Å². The second-order valence-corrected chi connectivity index (χ2v) is 6.20. The number of hydrogen-bond donors (Lipinski definition) is 0. The number of ether oxygens (including phenoxy) is 2. The van der Waals surface area contributed by atoms with E-state index in [1.807, 2.05) is 30.3 Å². The van der Waals surface area contributed by atoms with Crippen LogP contribution in [0.1, 0.15) is 36.7 Å². The fourth-order valence-corrected chi connectivity index (χ4v) is 1.89. The van der Waals surface area contributed by atoms with Crippen LogP contribution >= 0.6 is 0 Å². The van der Waals surface area contributed by atoms with E-state index in [9.17, 15) is 9.59 Å². The van der Waals surface area contributed by atoms with Crippen LogP contribution in [0.5, 0.6) is 5.75 Å². The summed E-state index contributed by atoms with van der Waals surface area (Å²) in [5.74, 6) is 0.204. The number of carbonyl (C=O) groups is 2. The second kappa shape index (κ2) is 7.59. The van der Waals surface area contributed by atoms with E-state index in [0.29, 0.717) is 11.3 Å². The highest BCUT2D eigenvalue weighted by Gasteiger charge is 2.18. The summed E-state index contributed by atoms with van der Waals surface area (Å²) in [5.41, 5.74) is 0.851. The van der Waals surface area contributed by atoms with Crippen molar-refractivity contribution < 1.29 is 19.1 Å². The summed E-state index contributed by atoms with van der Waals surface area (Å²) in [6, 6.07) is 15.9. The number of hydrogen-bond acceptors (Lipinski definition) is 4. The van der Waals surface area contributed by atoms with Crippen LogP contribution in [-0.2, 0) is 4.74 Å². The van der Waals surface area contributed by atoms with Gasteiger partial charge < -0.3 is 9.47 Å². The molecule has 0 fully saturated rings. The quantitative estimate of drug-likeness (QED) is 0.347. The van der Waals surface area contributed by atoms with Crippen molar-refractivity contribution in [2.75, 3.05) is 0 Å². The standard InChI is InChI=1S/C20H20O4/c1-20(2,3)24-19(22)23-17-12-10-16(11-13-17)18(21)14-9-15-7-5-4-6-8-15/h4-14H,1-3H3. The summed E-state index contributed by atoms with van der Waals surface area (Å²) in [5, 5.41) is 0. The summed E-state index contributed by atoms with van der Waals surface area (Å²) in [6.45, 7) is 5.28. The molecule has 0 aliphatic heterocycles. The number of rotatable bonds is 4. The Morgan fingerprint density at radius 2 is 1.54 bits per heavy atom. The van der Waals surface area contributed by atoms with E-state index in [4.69, 9.17) is 9.47 Å². The van der Waals surface area contributed by atoms with Crippen LogP contribution in [0.4, 0.5) is 4.79 Å². The minimum Gasteiger partial charge on any atom is -0.428 e. The van der Waals surface area contributed by atoms with Crippen LogP contribution in [-0.4, -0.2) is 17.5 Å². The Morgan fingerprint density at radius 3 is 2.12 bits per heavy atom. The molecule has 124 valence electrons. The Morgan fingerprint density at radius 1 is 0.917 bits per heavy atom. The molecule has 4 nitrogen and oxygen atoms in total. The third-order valence-corrected chi connectivity index (χ3v) is 2.96. The van der Waals surface area contributed by atoms with Gasteiger partial charge in [0.05, 0.1) is 0 Å². The molecule has 0 heterocycles. The number of carbonyl (C=O) groups excluding carboxylic acids is 2. The van der Waals surface area contributed by atoms with Gasteiger partial charge in [0.15, 0.2) is 5.78 Å². The molecule has 24 heavy (non-hydrogen) atoms. The van der Waals surface area contributed by atoms with E-state index in [0.717, 1.165) is 5.56 Å². The zero-order valence-corrected chi connectivity index (χ0v) is 14.0. The van der Waals surface area contributed by atoms with E-state index in [1.54, 1.807) is 51.1 Å². The summed E-state index contributed by atoms with van der Waals surface area (Å²) >= 11 is 0. The first-order valence-corrected chi connectivity index (χ1v) is 7.62. The number of ketones is 1. The highest BCUT2D eigenvalue weighted by atomic mass is 16.7. The Balaban J connectivity index is 1.97. The number of benzene rings is 2. The lowest BCUT2D eigenvalue weighted by Gasteiger charge is -2.18. The smallest absolute Gasteiger partial charge is 0.428 e.